The Kier molecular flexibility index (Phi) is 8.79. The molecule has 5 rings (SSSR count). The van der Waals surface area contributed by atoms with Gasteiger partial charge in [-0.1, -0.05) is 25.7 Å². The number of nitrogens with zero attached hydrogens (tertiary/aromatic N) is 3. The fraction of sp³-hybridized carbons (Fsp3) is 0.606. The van der Waals surface area contributed by atoms with Crippen LogP contribution in [0.5, 0.6) is 5.75 Å². The topological polar surface area (TPSA) is 151 Å². The van der Waals surface area contributed by atoms with Crippen molar-refractivity contribution in [3.63, 3.8) is 0 Å². The number of benzene rings is 1. The first-order valence-electron chi connectivity index (χ1n) is 15.7. The monoisotopic (exact) mass is 606 g/mol. The van der Waals surface area contributed by atoms with Crippen molar-refractivity contribution in [1.29, 1.82) is 0 Å². The first-order chi connectivity index (χ1) is 20.7. The number of carbonyl (C=O) groups excluding carboxylic acids is 2. The standard InChI is InChI=1S/C33H47BN4O6/c1-36(2)26-19(16-38(5)15-17-10-8-6-7-9-11-17)14-22(39)24-20(26)12-18-13-21-27(37(3)4)29(41)25(32(35)43)30(34)33(21,44)31(42)23(18)28(24)40/h14,17-18,21,27,34,39,41-42,44H,6-13,15-16H2,1-5H3,(H2,35,43)/t18-,21-,27-,33+/m0/s1. The molecule has 1 amide bonds. The minimum atomic E-state index is -2.20. The molecule has 1 aromatic rings. The molecule has 1 aromatic carbocycles. The molecule has 1 fully saturated rings. The van der Waals surface area contributed by atoms with Crippen LogP contribution in [-0.4, -0.2) is 108 Å². The summed E-state index contributed by atoms with van der Waals surface area (Å²) in [4.78, 5) is 32.5. The number of rotatable bonds is 7. The van der Waals surface area contributed by atoms with Crippen molar-refractivity contribution in [1.82, 2.24) is 9.80 Å². The molecule has 0 radical (unpaired) electrons. The van der Waals surface area contributed by atoms with E-state index in [9.17, 15) is 30.0 Å². The number of allylic oxidation sites excluding steroid dienone is 1. The molecule has 0 bridgehead atoms. The molecule has 10 nitrogen and oxygen atoms in total. The van der Waals surface area contributed by atoms with Gasteiger partial charge in [-0.05, 0) is 18.8 Å². The number of likely N-dealkylation sites (N-methyl/N-ethyl adjacent to an activating group) is 1. The zero-order valence-corrected chi connectivity index (χ0v) is 26.7. The number of aromatic hydroxyl groups is 1. The van der Waals surface area contributed by atoms with Gasteiger partial charge in [0.1, 0.15) is 0 Å². The maximum atomic E-state index is 14.2. The van der Waals surface area contributed by atoms with Crippen molar-refractivity contribution in [3.8, 4) is 5.75 Å². The van der Waals surface area contributed by atoms with Crippen molar-refractivity contribution in [2.45, 2.75) is 69.6 Å². The molecule has 0 saturated heterocycles. The number of anilines is 1. The third-order valence-corrected chi connectivity index (χ3v) is 10.4. The fourth-order valence-electron chi connectivity index (χ4n) is 8.56. The van der Waals surface area contributed by atoms with Crippen LogP contribution in [0, 0.1) is 17.8 Å². The number of hydrogen-bond acceptors (Lipinski definition) is 9. The van der Waals surface area contributed by atoms with Gasteiger partial charge in [-0.2, -0.15) is 0 Å². The number of fused-ring (bicyclic) bond motifs is 3. The van der Waals surface area contributed by atoms with Gasteiger partial charge >= 0.3 is 217 Å². The number of ketones is 1. The van der Waals surface area contributed by atoms with E-state index in [-0.39, 0.29) is 40.1 Å². The van der Waals surface area contributed by atoms with Gasteiger partial charge in [0.15, 0.2) is 0 Å². The summed E-state index contributed by atoms with van der Waals surface area (Å²) in [5.74, 6) is -3.31. The quantitative estimate of drug-likeness (QED) is 0.232. The summed E-state index contributed by atoms with van der Waals surface area (Å²) in [5, 5.41) is 46.3. The molecule has 0 aliphatic heterocycles. The van der Waals surface area contributed by atoms with E-state index in [0.29, 0.717) is 24.4 Å². The number of Topliss-reactive ketones (excluding diaryl/α,β-unsaturated/α-hetero) is 1. The van der Waals surface area contributed by atoms with Gasteiger partial charge in [-0.25, -0.2) is 0 Å². The minimum absolute atomic E-state index is 0.00152. The van der Waals surface area contributed by atoms with Crippen LogP contribution in [0.1, 0.15) is 66.4 Å². The molecular weight excluding hydrogens is 559 g/mol. The summed E-state index contributed by atoms with van der Waals surface area (Å²) in [6.07, 6.45) is 8.16. The number of aliphatic hydroxyl groups is 3. The Morgan fingerprint density at radius 2 is 1.70 bits per heavy atom. The molecule has 44 heavy (non-hydrogen) atoms. The number of phenols is 1. The Labute approximate surface area is 260 Å². The normalized spacial score (nSPS) is 27.8. The molecule has 4 aliphatic rings. The van der Waals surface area contributed by atoms with E-state index < -0.39 is 40.9 Å². The van der Waals surface area contributed by atoms with Crippen molar-refractivity contribution >= 4 is 30.3 Å². The van der Waals surface area contributed by atoms with Gasteiger partial charge in [0, 0.05) is 0 Å². The second-order valence-electron chi connectivity index (χ2n) is 13.8. The number of amides is 1. The molecule has 4 aliphatic carbocycles. The number of primary amides is 1. The van der Waals surface area contributed by atoms with Crippen LogP contribution >= 0.6 is 0 Å². The average Bonchev–Trinajstić information content (AvgIpc) is 3.18. The van der Waals surface area contributed by atoms with Gasteiger partial charge in [-0.3, -0.25) is 0 Å². The summed E-state index contributed by atoms with van der Waals surface area (Å²) in [6, 6.07) is 0.792. The number of hydrogen-bond donors (Lipinski definition) is 5. The van der Waals surface area contributed by atoms with E-state index in [4.69, 9.17) is 5.73 Å². The number of carbonyl (C=O) groups is 2. The van der Waals surface area contributed by atoms with E-state index in [1.54, 1.807) is 25.1 Å². The first-order valence-corrected chi connectivity index (χ1v) is 15.7. The molecule has 11 heteroatoms. The summed E-state index contributed by atoms with van der Waals surface area (Å²) >= 11 is 0. The Bertz CT molecular complexity index is 1440. The number of aliphatic hydroxyl groups excluding tert-OH is 2. The Morgan fingerprint density at radius 1 is 1.07 bits per heavy atom. The van der Waals surface area contributed by atoms with Crippen LogP contribution < -0.4 is 10.6 Å². The van der Waals surface area contributed by atoms with E-state index in [0.717, 1.165) is 17.8 Å². The number of phenolic OH excluding ortho intramolecular Hbond substituents is 1. The van der Waals surface area contributed by atoms with Crippen molar-refractivity contribution < 1.29 is 30.0 Å². The third-order valence-electron chi connectivity index (χ3n) is 10.4. The summed E-state index contributed by atoms with van der Waals surface area (Å²) in [6.45, 7) is 1.57. The van der Waals surface area contributed by atoms with Gasteiger partial charge in [0.25, 0.3) is 0 Å². The molecule has 1 saturated carbocycles. The van der Waals surface area contributed by atoms with E-state index in [1.807, 2.05) is 19.0 Å². The van der Waals surface area contributed by atoms with Gasteiger partial charge < -0.3 is 0 Å². The maximum absolute atomic E-state index is 14.2. The van der Waals surface area contributed by atoms with E-state index in [2.05, 4.69) is 19.4 Å². The Balaban J connectivity index is 1.57. The predicted octanol–water partition coefficient (Wildman–Crippen LogP) is 2.09. The second-order valence-corrected chi connectivity index (χ2v) is 13.8. The van der Waals surface area contributed by atoms with Crippen LogP contribution in [-0.2, 0) is 17.8 Å². The summed E-state index contributed by atoms with van der Waals surface area (Å²) < 4.78 is 0. The van der Waals surface area contributed by atoms with Gasteiger partial charge in [-0.15, -0.1) is 0 Å². The van der Waals surface area contributed by atoms with Crippen molar-refractivity contribution in [2.24, 2.45) is 23.5 Å². The molecule has 6 N–H and O–H groups in total. The molecule has 0 aromatic heterocycles. The van der Waals surface area contributed by atoms with Crippen LogP contribution in [0.3, 0.4) is 0 Å². The fourth-order valence-corrected chi connectivity index (χ4v) is 8.56. The predicted molar refractivity (Wildman–Crippen MR) is 173 cm³/mol. The number of nitrogens with two attached hydrogens (primary N) is 1. The summed E-state index contributed by atoms with van der Waals surface area (Å²) in [7, 11) is 13.2. The first kappa shape index (κ1) is 32.3. The van der Waals surface area contributed by atoms with Crippen molar-refractivity contribution in [2.75, 3.05) is 46.7 Å². The van der Waals surface area contributed by atoms with Gasteiger partial charge in [0.05, 0.1) is 0 Å². The molecular formula is C33H47BN4O6. The van der Waals surface area contributed by atoms with Crippen LogP contribution in [0.25, 0.3) is 0 Å². The third kappa shape index (κ3) is 5.16. The van der Waals surface area contributed by atoms with E-state index >= 15 is 0 Å². The molecule has 238 valence electrons. The average molecular weight is 607 g/mol. The van der Waals surface area contributed by atoms with Crippen molar-refractivity contribution in [3.05, 3.63) is 45.4 Å². The zero-order valence-electron chi connectivity index (χ0n) is 26.7. The summed E-state index contributed by atoms with van der Waals surface area (Å²) in [5.41, 5.74) is 5.39. The molecule has 4 atom stereocenters. The molecule has 0 unspecified atom stereocenters. The zero-order chi connectivity index (χ0) is 32.2. The second kappa shape index (κ2) is 12.0. The SMILES string of the molecule is B=C1C(C(N)=O)=C(O)[C@@H](N(C)C)[C@@H]2C[C@@H]3Cc4c(c(O)cc(CN(C)CC5CCCCCC5)c4N(C)C)C(=O)C3=C(O)[C@]12O. The van der Waals surface area contributed by atoms with Crippen LogP contribution in [0.4, 0.5) is 5.69 Å². The Morgan fingerprint density at radius 3 is 2.27 bits per heavy atom. The van der Waals surface area contributed by atoms with Crippen LogP contribution in [0.15, 0.2) is 28.7 Å². The van der Waals surface area contributed by atoms with Crippen LogP contribution in [0.2, 0.25) is 0 Å². The van der Waals surface area contributed by atoms with Gasteiger partial charge in [0.2, 0.25) is 0 Å². The molecule has 0 heterocycles. The van der Waals surface area contributed by atoms with E-state index in [1.165, 1.54) is 38.5 Å². The Hall–Kier alpha value is -3.15. The molecule has 0 spiro atoms.